The number of hydrogen-bond donors (Lipinski definition) is 1. The summed E-state index contributed by atoms with van der Waals surface area (Å²) in [4.78, 5) is 0. The zero-order chi connectivity index (χ0) is 13.0. The number of ether oxygens (including phenoxy) is 1. The van der Waals surface area contributed by atoms with Crippen LogP contribution in [0.1, 0.15) is 5.56 Å². The molecule has 0 aromatic heterocycles. The molecule has 1 N–H and O–H groups in total. The molecule has 0 saturated heterocycles. The predicted octanol–water partition coefficient (Wildman–Crippen LogP) is 4.61. The van der Waals surface area contributed by atoms with Gasteiger partial charge < -0.3 is 10.1 Å². The Labute approximate surface area is 116 Å². The first kappa shape index (κ1) is 13.1. The zero-order valence-corrected chi connectivity index (χ0v) is 11.4. The molecule has 0 heterocycles. The molecule has 0 saturated carbocycles. The molecule has 2 rings (SSSR count). The molecular formula is C14H13Cl2NO. The van der Waals surface area contributed by atoms with Gasteiger partial charge in [0.15, 0.2) is 0 Å². The average molecular weight is 282 g/mol. The summed E-state index contributed by atoms with van der Waals surface area (Å²) in [7, 11) is 1.60. The van der Waals surface area contributed by atoms with Gasteiger partial charge in [-0.25, -0.2) is 0 Å². The fourth-order valence-corrected chi connectivity index (χ4v) is 2.10. The van der Waals surface area contributed by atoms with Crippen LogP contribution in [0.25, 0.3) is 0 Å². The second kappa shape index (κ2) is 5.98. The van der Waals surface area contributed by atoms with Crippen LogP contribution in [0, 0.1) is 0 Å². The van der Waals surface area contributed by atoms with Gasteiger partial charge in [-0.05, 0) is 29.8 Å². The topological polar surface area (TPSA) is 21.3 Å². The molecule has 4 heteroatoms. The molecule has 94 valence electrons. The van der Waals surface area contributed by atoms with Crippen molar-refractivity contribution in [1.82, 2.24) is 0 Å². The van der Waals surface area contributed by atoms with Gasteiger partial charge in [0.25, 0.3) is 0 Å². The highest BCUT2D eigenvalue weighted by molar-refractivity contribution is 6.33. The highest BCUT2D eigenvalue weighted by Gasteiger charge is 2.03. The summed E-state index contributed by atoms with van der Waals surface area (Å²) < 4.78 is 5.11. The highest BCUT2D eigenvalue weighted by atomic mass is 35.5. The third-order valence-electron chi connectivity index (χ3n) is 2.57. The molecule has 0 aliphatic rings. The van der Waals surface area contributed by atoms with E-state index < -0.39 is 0 Å². The molecule has 0 spiro atoms. The molecule has 0 atom stereocenters. The van der Waals surface area contributed by atoms with Crippen LogP contribution in [0.4, 0.5) is 5.69 Å². The van der Waals surface area contributed by atoms with Gasteiger partial charge >= 0.3 is 0 Å². The summed E-state index contributed by atoms with van der Waals surface area (Å²) in [6, 6.07) is 13.3. The van der Waals surface area contributed by atoms with E-state index in [1.54, 1.807) is 7.11 Å². The van der Waals surface area contributed by atoms with Gasteiger partial charge in [0.1, 0.15) is 5.75 Å². The normalized spacial score (nSPS) is 10.2. The fourth-order valence-electron chi connectivity index (χ4n) is 1.62. The van der Waals surface area contributed by atoms with Crippen molar-refractivity contribution < 1.29 is 4.74 Å². The Morgan fingerprint density at radius 3 is 2.50 bits per heavy atom. The van der Waals surface area contributed by atoms with E-state index in [2.05, 4.69) is 5.32 Å². The van der Waals surface area contributed by atoms with E-state index in [-0.39, 0.29) is 0 Å². The SMILES string of the molecule is COc1ccc(CNc2ccccc2Cl)cc1Cl. The van der Waals surface area contributed by atoms with Crippen LogP contribution in [0.2, 0.25) is 10.0 Å². The molecular weight excluding hydrogens is 269 g/mol. The van der Waals surface area contributed by atoms with Crippen LogP contribution in [-0.2, 0) is 6.54 Å². The Morgan fingerprint density at radius 1 is 1.06 bits per heavy atom. The summed E-state index contributed by atoms with van der Waals surface area (Å²) in [6.07, 6.45) is 0. The van der Waals surface area contributed by atoms with E-state index >= 15 is 0 Å². The number of methoxy groups -OCH3 is 1. The first-order valence-corrected chi connectivity index (χ1v) is 6.27. The number of benzene rings is 2. The summed E-state index contributed by atoms with van der Waals surface area (Å²) in [5.74, 6) is 0.679. The lowest BCUT2D eigenvalue weighted by molar-refractivity contribution is 0.415. The van der Waals surface area contributed by atoms with Crippen LogP contribution >= 0.6 is 23.2 Å². The van der Waals surface area contributed by atoms with Gasteiger partial charge in [-0.3, -0.25) is 0 Å². The third kappa shape index (κ3) is 3.09. The van der Waals surface area contributed by atoms with E-state index in [1.807, 2.05) is 42.5 Å². The Kier molecular flexibility index (Phi) is 4.34. The van der Waals surface area contributed by atoms with Crippen molar-refractivity contribution in [2.24, 2.45) is 0 Å². The van der Waals surface area contributed by atoms with Crippen molar-refractivity contribution in [2.45, 2.75) is 6.54 Å². The van der Waals surface area contributed by atoms with E-state index in [9.17, 15) is 0 Å². The standard InChI is InChI=1S/C14H13Cl2NO/c1-18-14-7-6-10(8-12(14)16)9-17-13-5-3-2-4-11(13)15/h2-8,17H,9H2,1H3. The van der Waals surface area contributed by atoms with E-state index in [0.717, 1.165) is 11.3 Å². The van der Waals surface area contributed by atoms with Crippen LogP contribution in [0.15, 0.2) is 42.5 Å². The second-order valence-electron chi connectivity index (χ2n) is 3.80. The lowest BCUT2D eigenvalue weighted by Gasteiger charge is -2.09. The van der Waals surface area contributed by atoms with Crippen molar-refractivity contribution in [1.29, 1.82) is 0 Å². The van der Waals surface area contributed by atoms with Crippen LogP contribution in [0.5, 0.6) is 5.75 Å². The minimum atomic E-state index is 0.607. The fraction of sp³-hybridized carbons (Fsp3) is 0.143. The lowest BCUT2D eigenvalue weighted by atomic mass is 10.2. The first-order chi connectivity index (χ1) is 8.70. The Hall–Kier alpha value is -1.38. The smallest absolute Gasteiger partial charge is 0.137 e. The zero-order valence-electron chi connectivity index (χ0n) is 9.91. The molecule has 0 aliphatic carbocycles. The van der Waals surface area contributed by atoms with Gasteiger partial charge in [0, 0.05) is 6.54 Å². The Balaban J connectivity index is 2.07. The molecule has 0 unspecified atom stereocenters. The van der Waals surface area contributed by atoms with E-state index in [4.69, 9.17) is 27.9 Å². The van der Waals surface area contributed by atoms with Crippen LogP contribution in [-0.4, -0.2) is 7.11 Å². The maximum atomic E-state index is 6.06. The van der Waals surface area contributed by atoms with Crippen LogP contribution < -0.4 is 10.1 Å². The second-order valence-corrected chi connectivity index (χ2v) is 4.62. The van der Waals surface area contributed by atoms with Crippen molar-refractivity contribution in [3.05, 3.63) is 58.1 Å². The molecule has 2 aromatic carbocycles. The molecule has 0 aliphatic heterocycles. The maximum Gasteiger partial charge on any atom is 0.137 e. The molecule has 0 radical (unpaired) electrons. The number of hydrogen-bond acceptors (Lipinski definition) is 2. The minimum Gasteiger partial charge on any atom is -0.495 e. The van der Waals surface area contributed by atoms with Crippen molar-refractivity contribution in [3.63, 3.8) is 0 Å². The number of nitrogens with one attached hydrogen (secondary N) is 1. The first-order valence-electron chi connectivity index (χ1n) is 5.51. The van der Waals surface area contributed by atoms with E-state index in [0.29, 0.717) is 22.3 Å². The van der Waals surface area contributed by atoms with Gasteiger partial charge in [-0.15, -0.1) is 0 Å². The molecule has 2 aromatic rings. The predicted molar refractivity (Wildman–Crippen MR) is 76.8 cm³/mol. The van der Waals surface area contributed by atoms with Crippen molar-refractivity contribution in [2.75, 3.05) is 12.4 Å². The molecule has 0 fully saturated rings. The maximum absolute atomic E-state index is 6.06. The summed E-state index contributed by atoms with van der Waals surface area (Å²) in [5, 5.41) is 4.58. The molecule has 0 bridgehead atoms. The monoisotopic (exact) mass is 281 g/mol. The quantitative estimate of drug-likeness (QED) is 0.883. The Morgan fingerprint density at radius 2 is 1.83 bits per heavy atom. The number of para-hydroxylation sites is 1. The number of anilines is 1. The summed E-state index contributed by atoms with van der Waals surface area (Å²) >= 11 is 12.1. The number of rotatable bonds is 4. The third-order valence-corrected chi connectivity index (χ3v) is 3.20. The number of halogens is 2. The van der Waals surface area contributed by atoms with Gasteiger partial charge in [0.2, 0.25) is 0 Å². The van der Waals surface area contributed by atoms with Gasteiger partial charge in [-0.1, -0.05) is 41.4 Å². The highest BCUT2D eigenvalue weighted by Crippen LogP contribution is 2.26. The minimum absolute atomic E-state index is 0.607. The molecule has 0 amide bonds. The molecule has 2 nitrogen and oxygen atoms in total. The average Bonchev–Trinajstić information content (AvgIpc) is 2.38. The van der Waals surface area contributed by atoms with E-state index in [1.165, 1.54) is 0 Å². The van der Waals surface area contributed by atoms with Crippen LogP contribution in [0.3, 0.4) is 0 Å². The largest absolute Gasteiger partial charge is 0.495 e. The molecule has 18 heavy (non-hydrogen) atoms. The Bertz CT molecular complexity index is 543. The van der Waals surface area contributed by atoms with Crippen molar-refractivity contribution in [3.8, 4) is 5.75 Å². The summed E-state index contributed by atoms with van der Waals surface area (Å²) in [6.45, 7) is 0.660. The lowest BCUT2D eigenvalue weighted by Crippen LogP contribution is -2.00. The van der Waals surface area contributed by atoms with Crippen molar-refractivity contribution >= 4 is 28.9 Å². The van der Waals surface area contributed by atoms with Gasteiger partial charge in [0.05, 0.1) is 22.8 Å². The van der Waals surface area contributed by atoms with Gasteiger partial charge in [-0.2, -0.15) is 0 Å². The summed E-state index contributed by atoms with van der Waals surface area (Å²) in [5.41, 5.74) is 1.98.